The molecule has 4 aromatic rings. The van der Waals surface area contributed by atoms with Gasteiger partial charge in [-0.1, -0.05) is 59.7 Å². The van der Waals surface area contributed by atoms with E-state index in [0.717, 1.165) is 33.4 Å². The van der Waals surface area contributed by atoms with Gasteiger partial charge in [-0.15, -0.1) is 0 Å². The molecular weight excluding hydrogens is 394 g/mol. The number of allylic oxidation sites excluding steroid dienone is 1. The lowest BCUT2D eigenvalue weighted by Crippen LogP contribution is -2.03. The van der Waals surface area contributed by atoms with Crippen molar-refractivity contribution in [1.82, 2.24) is 15.0 Å². The Hall–Kier alpha value is -3.79. The van der Waals surface area contributed by atoms with E-state index >= 15 is 0 Å². The monoisotopic (exact) mass is 421 g/mol. The minimum Gasteiger partial charge on any atom is -0.508 e. The maximum atomic E-state index is 10.0. The van der Waals surface area contributed by atoms with E-state index in [9.17, 15) is 5.11 Å². The molecule has 4 nitrogen and oxygen atoms in total. The van der Waals surface area contributed by atoms with Crippen molar-refractivity contribution in [2.75, 3.05) is 0 Å². The average Bonchev–Trinajstić information content (AvgIpc) is 2.74. The SMILES string of the molecule is CC=Cc1cc(O)ccc1-c1nc(-c2ccc(C)cc2C)nc(-c2ccc(C)cc2C)n1. The third kappa shape index (κ3) is 4.30. The first-order valence-electron chi connectivity index (χ1n) is 10.7. The quantitative estimate of drug-likeness (QED) is 0.392. The Balaban J connectivity index is 2.00. The van der Waals surface area contributed by atoms with Crippen LogP contribution in [0, 0.1) is 27.7 Å². The zero-order valence-electron chi connectivity index (χ0n) is 19.1. The second-order valence-corrected chi connectivity index (χ2v) is 8.21. The number of phenolic OH excluding ortho intramolecular Hbond substituents is 1. The average molecular weight is 422 g/mol. The molecule has 0 aliphatic rings. The van der Waals surface area contributed by atoms with E-state index in [2.05, 4.69) is 64.1 Å². The summed E-state index contributed by atoms with van der Waals surface area (Å²) < 4.78 is 0. The molecule has 0 aliphatic heterocycles. The smallest absolute Gasteiger partial charge is 0.164 e. The van der Waals surface area contributed by atoms with Crippen LogP contribution in [0.4, 0.5) is 0 Å². The molecule has 4 rings (SSSR count). The Bertz CT molecular complexity index is 1270. The molecule has 3 aromatic carbocycles. The van der Waals surface area contributed by atoms with E-state index in [4.69, 9.17) is 15.0 Å². The number of rotatable bonds is 4. The number of aromatic hydroxyl groups is 1. The summed E-state index contributed by atoms with van der Waals surface area (Å²) in [6.07, 6.45) is 3.89. The molecule has 0 amide bonds. The van der Waals surface area contributed by atoms with Crippen LogP contribution in [-0.4, -0.2) is 20.1 Å². The zero-order chi connectivity index (χ0) is 22.8. The summed E-state index contributed by atoms with van der Waals surface area (Å²) >= 11 is 0. The maximum absolute atomic E-state index is 10.0. The molecule has 0 radical (unpaired) electrons. The van der Waals surface area contributed by atoms with Gasteiger partial charge in [0, 0.05) is 16.7 Å². The molecule has 1 N–H and O–H groups in total. The first kappa shape index (κ1) is 21.4. The fraction of sp³-hybridized carbons (Fsp3) is 0.179. The maximum Gasteiger partial charge on any atom is 0.164 e. The van der Waals surface area contributed by atoms with Gasteiger partial charge in [0.25, 0.3) is 0 Å². The molecule has 4 heteroatoms. The number of aromatic nitrogens is 3. The largest absolute Gasteiger partial charge is 0.508 e. The van der Waals surface area contributed by atoms with E-state index in [1.54, 1.807) is 12.1 Å². The van der Waals surface area contributed by atoms with Crippen LogP contribution in [0.3, 0.4) is 0 Å². The van der Waals surface area contributed by atoms with Crippen molar-refractivity contribution in [3.8, 4) is 39.9 Å². The third-order valence-electron chi connectivity index (χ3n) is 5.50. The van der Waals surface area contributed by atoms with Crippen molar-refractivity contribution in [1.29, 1.82) is 0 Å². The Morgan fingerprint density at radius 1 is 0.625 bits per heavy atom. The van der Waals surface area contributed by atoms with Gasteiger partial charge in [0.2, 0.25) is 0 Å². The minimum absolute atomic E-state index is 0.208. The molecule has 160 valence electrons. The summed E-state index contributed by atoms with van der Waals surface area (Å²) in [5, 5.41) is 10.0. The zero-order valence-corrected chi connectivity index (χ0v) is 19.1. The van der Waals surface area contributed by atoms with Gasteiger partial charge in [-0.25, -0.2) is 15.0 Å². The molecule has 0 bridgehead atoms. The summed E-state index contributed by atoms with van der Waals surface area (Å²) in [7, 11) is 0. The van der Waals surface area contributed by atoms with Gasteiger partial charge in [-0.05, 0) is 69.5 Å². The van der Waals surface area contributed by atoms with Crippen LogP contribution < -0.4 is 0 Å². The fourth-order valence-electron chi connectivity index (χ4n) is 3.94. The van der Waals surface area contributed by atoms with Gasteiger partial charge in [-0.3, -0.25) is 0 Å². The highest BCUT2D eigenvalue weighted by atomic mass is 16.3. The molecule has 0 aliphatic carbocycles. The summed E-state index contributed by atoms with van der Waals surface area (Å²) in [5.41, 5.74) is 8.31. The molecule has 0 fully saturated rings. The van der Waals surface area contributed by atoms with E-state index in [1.807, 2.05) is 25.1 Å². The summed E-state index contributed by atoms with van der Waals surface area (Å²) in [4.78, 5) is 14.6. The van der Waals surface area contributed by atoms with Gasteiger partial charge in [0.05, 0.1) is 0 Å². The van der Waals surface area contributed by atoms with Gasteiger partial charge in [0.15, 0.2) is 17.5 Å². The second-order valence-electron chi connectivity index (χ2n) is 8.21. The normalized spacial score (nSPS) is 11.3. The van der Waals surface area contributed by atoms with Gasteiger partial charge < -0.3 is 5.11 Å². The van der Waals surface area contributed by atoms with Crippen molar-refractivity contribution >= 4 is 6.08 Å². The number of aryl methyl sites for hydroxylation is 4. The Labute approximate surface area is 189 Å². The number of hydrogen-bond acceptors (Lipinski definition) is 4. The lowest BCUT2D eigenvalue weighted by molar-refractivity contribution is 0.475. The Kier molecular flexibility index (Phi) is 5.87. The topological polar surface area (TPSA) is 58.9 Å². The van der Waals surface area contributed by atoms with Crippen LogP contribution in [-0.2, 0) is 0 Å². The van der Waals surface area contributed by atoms with Crippen molar-refractivity contribution in [3.05, 3.63) is 88.5 Å². The van der Waals surface area contributed by atoms with Gasteiger partial charge in [-0.2, -0.15) is 0 Å². The lowest BCUT2D eigenvalue weighted by Gasteiger charge is -2.13. The van der Waals surface area contributed by atoms with Crippen LogP contribution in [0.25, 0.3) is 40.2 Å². The highest BCUT2D eigenvalue weighted by Crippen LogP contribution is 2.31. The van der Waals surface area contributed by atoms with E-state index < -0.39 is 0 Å². The second kappa shape index (κ2) is 8.75. The third-order valence-corrected chi connectivity index (χ3v) is 5.50. The molecule has 1 heterocycles. The molecule has 0 atom stereocenters. The number of benzene rings is 3. The van der Waals surface area contributed by atoms with Crippen molar-refractivity contribution in [3.63, 3.8) is 0 Å². The Morgan fingerprint density at radius 3 is 1.56 bits per heavy atom. The summed E-state index contributed by atoms with van der Waals surface area (Å²) in [6, 6.07) is 17.8. The van der Waals surface area contributed by atoms with E-state index in [-0.39, 0.29) is 5.75 Å². The molecular formula is C28H27N3O. The number of nitrogens with zero attached hydrogens (tertiary/aromatic N) is 3. The van der Waals surface area contributed by atoms with Gasteiger partial charge in [0.1, 0.15) is 5.75 Å². The van der Waals surface area contributed by atoms with Crippen LogP contribution in [0.2, 0.25) is 0 Å². The molecule has 0 saturated heterocycles. The van der Waals surface area contributed by atoms with Crippen LogP contribution in [0.1, 0.15) is 34.7 Å². The molecule has 1 aromatic heterocycles. The highest BCUT2D eigenvalue weighted by Gasteiger charge is 2.16. The van der Waals surface area contributed by atoms with Crippen LogP contribution in [0.15, 0.2) is 60.7 Å². The lowest BCUT2D eigenvalue weighted by atomic mass is 10.0. The van der Waals surface area contributed by atoms with E-state index in [0.29, 0.717) is 17.5 Å². The standard InChI is InChI=1S/C28H27N3O/c1-6-7-21-16-22(32)10-13-25(21)28-30-26(23-11-8-17(2)14-19(23)4)29-27(31-28)24-12-9-18(3)15-20(24)5/h6-16,32H,1-5H3. The Morgan fingerprint density at radius 2 is 1.09 bits per heavy atom. The predicted molar refractivity (Wildman–Crippen MR) is 131 cm³/mol. The summed E-state index contributed by atoms with van der Waals surface area (Å²) in [5.74, 6) is 2.07. The molecule has 0 spiro atoms. The van der Waals surface area contributed by atoms with Crippen molar-refractivity contribution in [2.24, 2.45) is 0 Å². The molecule has 0 saturated carbocycles. The highest BCUT2D eigenvalue weighted by molar-refractivity contribution is 5.75. The van der Waals surface area contributed by atoms with E-state index in [1.165, 1.54) is 11.1 Å². The summed E-state index contributed by atoms with van der Waals surface area (Å²) in [6.45, 7) is 10.3. The van der Waals surface area contributed by atoms with Crippen molar-refractivity contribution < 1.29 is 5.11 Å². The predicted octanol–water partition coefficient (Wildman–Crippen LogP) is 6.84. The fourth-order valence-corrected chi connectivity index (χ4v) is 3.94. The van der Waals surface area contributed by atoms with Crippen molar-refractivity contribution in [2.45, 2.75) is 34.6 Å². The van der Waals surface area contributed by atoms with Crippen LogP contribution in [0.5, 0.6) is 5.75 Å². The number of phenols is 1. The molecule has 32 heavy (non-hydrogen) atoms. The first-order valence-corrected chi connectivity index (χ1v) is 10.7. The van der Waals surface area contributed by atoms with Gasteiger partial charge >= 0.3 is 0 Å². The number of hydrogen-bond donors (Lipinski definition) is 1. The first-order chi connectivity index (χ1) is 15.4. The van der Waals surface area contributed by atoms with Crippen LogP contribution >= 0.6 is 0 Å². The minimum atomic E-state index is 0.208. The molecule has 0 unspecified atom stereocenters.